The van der Waals surface area contributed by atoms with Gasteiger partial charge in [-0.2, -0.15) is 0 Å². The SMILES string of the molecule is O=c1[nH]c([S-])nc2nc[nH]c12.O=c1[nH]c([S-])nc2nc[nH]c12.[Ba+2]. The number of hydrogen-bond acceptors (Lipinski definition) is 8. The van der Waals surface area contributed by atoms with Gasteiger partial charge in [0.25, 0.3) is 11.1 Å². The van der Waals surface area contributed by atoms with Gasteiger partial charge in [-0.05, 0) is 10.3 Å². The average molecular weight is 472 g/mol. The maximum absolute atomic E-state index is 11.0. The van der Waals surface area contributed by atoms with Gasteiger partial charge in [0.05, 0.1) is 12.7 Å². The van der Waals surface area contributed by atoms with E-state index in [0.29, 0.717) is 22.3 Å². The van der Waals surface area contributed by atoms with Gasteiger partial charge in [0.2, 0.25) is 0 Å². The van der Waals surface area contributed by atoms with Gasteiger partial charge in [-0.3, -0.25) is 9.59 Å². The van der Waals surface area contributed by atoms with Gasteiger partial charge in [0.1, 0.15) is 0 Å². The Labute approximate surface area is 178 Å². The molecule has 0 spiro atoms. The number of aromatic amines is 4. The van der Waals surface area contributed by atoms with Gasteiger partial charge < -0.3 is 45.2 Å². The van der Waals surface area contributed by atoms with E-state index < -0.39 is 0 Å². The van der Waals surface area contributed by atoms with Crippen LogP contribution in [0.25, 0.3) is 22.3 Å². The van der Waals surface area contributed by atoms with Gasteiger partial charge in [-0.15, -0.1) is 0 Å². The van der Waals surface area contributed by atoms with Crippen molar-refractivity contribution in [1.29, 1.82) is 0 Å². The normalized spacial score (nSPS) is 10.1. The molecule has 0 aliphatic heterocycles. The van der Waals surface area contributed by atoms with Gasteiger partial charge in [-0.25, -0.2) is 19.9 Å². The third-order valence-electron chi connectivity index (χ3n) is 2.55. The third kappa shape index (κ3) is 3.97. The van der Waals surface area contributed by atoms with Gasteiger partial charge in [-0.1, -0.05) is 0 Å². The van der Waals surface area contributed by atoms with Crippen LogP contribution in [0.5, 0.6) is 0 Å². The molecule has 4 rings (SSSR count). The van der Waals surface area contributed by atoms with E-state index in [2.05, 4.69) is 65.1 Å². The Balaban J connectivity index is 0.000000160. The zero-order chi connectivity index (χ0) is 15.7. The molecule has 0 unspecified atom stereocenters. The smallest absolute Gasteiger partial charge is 0.742 e. The topological polar surface area (TPSA) is 149 Å². The van der Waals surface area contributed by atoms with Crippen LogP contribution in [-0.2, 0) is 25.3 Å². The maximum Gasteiger partial charge on any atom is 2.00 e. The summed E-state index contributed by atoms with van der Waals surface area (Å²) >= 11 is 9.34. The Bertz CT molecular complexity index is 982. The number of hydrogen-bond donors (Lipinski definition) is 4. The monoisotopic (exact) mass is 472 g/mol. The molecule has 0 aliphatic carbocycles. The summed E-state index contributed by atoms with van der Waals surface area (Å²) in [5.41, 5.74) is 0.879. The molecule has 0 saturated carbocycles. The predicted octanol–water partition coefficient (Wildman–Crippen LogP) is -1.28. The molecule has 4 heterocycles. The second-order valence-electron chi connectivity index (χ2n) is 3.94. The van der Waals surface area contributed by atoms with Crippen LogP contribution >= 0.6 is 0 Å². The molecule has 0 amide bonds. The van der Waals surface area contributed by atoms with Crippen molar-refractivity contribution < 1.29 is 0 Å². The van der Waals surface area contributed by atoms with Crippen LogP contribution in [0.2, 0.25) is 0 Å². The number of aromatic nitrogens is 8. The van der Waals surface area contributed by atoms with Crippen LogP contribution in [0, 0.1) is 0 Å². The number of H-pyrrole nitrogens is 4. The second-order valence-corrected chi connectivity index (χ2v) is 4.72. The van der Waals surface area contributed by atoms with E-state index in [-0.39, 0.29) is 70.3 Å². The summed E-state index contributed by atoms with van der Waals surface area (Å²) < 4.78 is 0. The fourth-order valence-corrected chi connectivity index (χ4v) is 2.00. The first-order chi connectivity index (χ1) is 10.5. The van der Waals surface area contributed by atoms with Crippen molar-refractivity contribution >= 4 is 96.5 Å². The first kappa shape index (κ1) is 18.1. The summed E-state index contributed by atoms with van der Waals surface area (Å²) in [7, 11) is 0. The Kier molecular flexibility index (Phi) is 5.90. The number of imidazole rings is 2. The van der Waals surface area contributed by atoms with Crippen molar-refractivity contribution in [1.82, 2.24) is 39.9 Å². The van der Waals surface area contributed by atoms with Gasteiger partial charge >= 0.3 is 48.9 Å². The summed E-state index contributed by atoms with van der Waals surface area (Å²) in [6.07, 6.45) is 2.81. The number of nitrogens with zero attached hydrogens (tertiary/aromatic N) is 4. The number of rotatable bonds is 0. The molecule has 0 saturated heterocycles. The molecule has 0 aliphatic rings. The van der Waals surface area contributed by atoms with E-state index in [1.807, 2.05) is 0 Å². The van der Waals surface area contributed by atoms with Crippen molar-refractivity contribution in [3.05, 3.63) is 33.4 Å². The summed E-state index contributed by atoms with van der Waals surface area (Å²) in [4.78, 5) is 47.3. The zero-order valence-corrected chi connectivity index (χ0v) is 17.4. The van der Waals surface area contributed by atoms with E-state index in [4.69, 9.17) is 0 Å². The molecule has 13 heteroatoms. The van der Waals surface area contributed by atoms with Crippen LogP contribution in [-0.4, -0.2) is 88.8 Å². The maximum atomic E-state index is 11.0. The van der Waals surface area contributed by atoms with E-state index >= 15 is 0 Å². The summed E-state index contributed by atoms with van der Waals surface area (Å²) in [5, 5.41) is 0.323. The van der Waals surface area contributed by atoms with Gasteiger partial charge in [0.15, 0.2) is 22.3 Å². The van der Waals surface area contributed by atoms with E-state index in [9.17, 15) is 9.59 Å². The molecule has 0 bridgehead atoms. The van der Waals surface area contributed by atoms with Crippen molar-refractivity contribution in [2.45, 2.75) is 10.3 Å². The second kappa shape index (κ2) is 7.52. The van der Waals surface area contributed by atoms with Crippen molar-refractivity contribution in [2.75, 3.05) is 0 Å². The van der Waals surface area contributed by atoms with Crippen LogP contribution < -0.4 is 11.1 Å². The summed E-state index contributed by atoms with van der Waals surface area (Å²) in [5.74, 6) is 0. The summed E-state index contributed by atoms with van der Waals surface area (Å²) in [6, 6.07) is 0. The first-order valence-corrected chi connectivity index (χ1v) is 6.57. The van der Waals surface area contributed by atoms with Crippen LogP contribution in [0.3, 0.4) is 0 Å². The van der Waals surface area contributed by atoms with E-state index in [1.54, 1.807) is 0 Å². The molecule has 4 N–H and O–H groups in total. The molecule has 0 fully saturated rings. The average Bonchev–Trinajstić information content (AvgIpc) is 3.07. The standard InChI is InChI=1S/2C5H4N4OS.Ba/c2*10-4-2-3(7-1-6-2)8-5(11)9-4;/h2*1H,(H3,6,7,8,9,10,11);/q;;+2/p-2. The Morgan fingerprint density at radius 3 is 1.57 bits per heavy atom. The van der Waals surface area contributed by atoms with Crippen molar-refractivity contribution in [3.63, 3.8) is 0 Å². The van der Waals surface area contributed by atoms with Crippen molar-refractivity contribution in [2.24, 2.45) is 0 Å². The molecule has 4 aromatic heterocycles. The molecule has 23 heavy (non-hydrogen) atoms. The minimum atomic E-state index is -0.280. The number of fused-ring (bicyclic) bond motifs is 2. The van der Waals surface area contributed by atoms with E-state index in [1.165, 1.54) is 12.7 Å². The zero-order valence-electron chi connectivity index (χ0n) is 11.3. The van der Waals surface area contributed by atoms with Crippen LogP contribution in [0.15, 0.2) is 32.6 Å². The Morgan fingerprint density at radius 1 is 0.783 bits per heavy atom. The number of nitrogens with one attached hydrogen (secondary N) is 4. The molecular formula is C10H6BaN8O2S2. The Hall–Kier alpha value is -1.29. The van der Waals surface area contributed by atoms with Gasteiger partial charge in [0, 0.05) is 0 Å². The molecule has 4 aromatic rings. The van der Waals surface area contributed by atoms with Crippen LogP contribution in [0.4, 0.5) is 0 Å². The molecule has 0 atom stereocenters. The predicted molar refractivity (Wildman–Crippen MR) is 86.0 cm³/mol. The quantitative estimate of drug-likeness (QED) is 0.141. The van der Waals surface area contributed by atoms with Crippen LogP contribution in [0.1, 0.15) is 0 Å². The first-order valence-electron chi connectivity index (χ1n) is 5.75. The molecule has 0 radical (unpaired) electrons. The van der Waals surface area contributed by atoms with E-state index in [0.717, 1.165) is 0 Å². The fraction of sp³-hybridized carbons (Fsp3) is 0. The third-order valence-corrected chi connectivity index (χ3v) is 2.94. The minimum absolute atomic E-state index is 0. The largest absolute Gasteiger partial charge is 2.00 e. The molecular weight excluding hydrogens is 466 g/mol. The molecule has 0 aromatic carbocycles. The Morgan fingerprint density at radius 2 is 1.17 bits per heavy atom. The fourth-order valence-electron chi connectivity index (χ4n) is 1.65. The molecule has 112 valence electrons. The minimum Gasteiger partial charge on any atom is -0.742 e. The van der Waals surface area contributed by atoms with Crippen molar-refractivity contribution in [3.8, 4) is 0 Å². The molecule has 10 nitrogen and oxygen atoms in total. The summed E-state index contributed by atoms with van der Waals surface area (Å²) in [6.45, 7) is 0.